The van der Waals surface area contributed by atoms with Crippen LogP contribution in [0.2, 0.25) is 0 Å². The minimum absolute atomic E-state index is 0.121. The van der Waals surface area contributed by atoms with Gasteiger partial charge < -0.3 is 4.90 Å². The van der Waals surface area contributed by atoms with E-state index < -0.39 is 0 Å². The predicted octanol–water partition coefficient (Wildman–Crippen LogP) is 1.92. The fourth-order valence-corrected chi connectivity index (χ4v) is 3.99. The van der Waals surface area contributed by atoms with Crippen LogP contribution in [0.25, 0.3) is 0 Å². The van der Waals surface area contributed by atoms with Crippen molar-refractivity contribution in [3.8, 4) is 0 Å². The van der Waals surface area contributed by atoms with Gasteiger partial charge >= 0.3 is 0 Å². The fourth-order valence-electron chi connectivity index (χ4n) is 3.99. The number of hydrogen-bond acceptors (Lipinski definition) is 3. The Morgan fingerprint density at radius 2 is 1.95 bits per heavy atom. The Morgan fingerprint density at radius 1 is 1.24 bits per heavy atom. The van der Waals surface area contributed by atoms with E-state index >= 15 is 0 Å². The molecule has 1 aromatic rings. The first-order valence-electron chi connectivity index (χ1n) is 7.61. The SMILES string of the molecule is CC1CC2(CCN1C)CC(=O)NC(=O)C2c1ccccc1. The number of rotatable bonds is 1. The molecule has 2 amide bonds. The molecule has 2 aliphatic rings. The monoisotopic (exact) mass is 286 g/mol. The van der Waals surface area contributed by atoms with Gasteiger partial charge in [0.25, 0.3) is 0 Å². The maximum atomic E-state index is 12.5. The first-order chi connectivity index (χ1) is 10.0. The lowest BCUT2D eigenvalue weighted by Gasteiger charge is -2.49. The molecule has 3 unspecified atom stereocenters. The highest BCUT2D eigenvalue weighted by Gasteiger charge is 2.51. The molecule has 4 nitrogen and oxygen atoms in total. The van der Waals surface area contributed by atoms with Crippen LogP contribution in [0.1, 0.15) is 37.7 Å². The number of benzene rings is 1. The summed E-state index contributed by atoms with van der Waals surface area (Å²) in [5.41, 5.74) is 0.798. The summed E-state index contributed by atoms with van der Waals surface area (Å²) in [7, 11) is 2.11. The molecule has 4 heteroatoms. The molecule has 21 heavy (non-hydrogen) atoms. The minimum atomic E-state index is -0.229. The number of likely N-dealkylation sites (tertiary alicyclic amines) is 1. The van der Waals surface area contributed by atoms with Crippen LogP contribution in [-0.4, -0.2) is 36.3 Å². The van der Waals surface area contributed by atoms with E-state index in [2.05, 4.69) is 24.2 Å². The molecule has 2 saturated heterocycles. The molecule has 0 saturated carbocycles. The van der Waals surface area contributed by atoms with Crippen LogP contribution in [0.3, 0.4) is 0 Å². The third-order valence-corrected chi connectivity index (χ3v) is 5.20. The molecule has 1 N–H and O–H groups in total. The van der Waals surface area contributed by atoms with Gasteiger partial charge in [-0.05, 0) is 44.3 Å². The first kappa shape index (κ1) is 14.3. The van der Waals surface area contributed by atoms with Crippen LogP contribution >= 0.6 is 0 Å². The molecular weight excluding hydrogens is 264 g/mol. The molecule has 0 radical (unpaired) electrons. The van der Waals surface area contributed by atoms with Crippen molar-refractivity contribution < 1.29 is 9.59 Å². The molecule has 0 aromatic heterocycles. The van der Waals surface area contributed by atoms with Gasteiger partial charge in [-0.3, -0.25) is 14.9 Å². The molecule has 2 aliphatic heterocycles. The van der Waals surface area contributed by atoms with Gasteiger partial charge in [0.2, 0.25) is 11.8 Å². The van der Waals surface area contributed by atoms with E-state index in [1.807, 2.05) is 30.3 Å². The van der Waals surface area contributed by atoms with E-state index in [-0.39, 0.29) is 23.1 Å². The lowest BCUT2D eigenvalue weighted by atomic mass is 9.61. The topological polar surface area (TPSA) is 49.4 Å². The van der Waals surface area contributed by atoms with Crippen molar-refractivity contribution in [1.29, 1.82) is 0 Å². The molecule has 3 rings (SSSR count). The Bertz CT molecular complexity index is 557. The van der Waals surface area contributed by atoms with Gasteiger partial charge in [0.1, 0.15) is 0 Å². The maximum Gasteiger partial charge on any atom is 0.234 e. The highest BCUT2D eigenvalue weighted by Crippen LogP contribution is 2.50. The predicted molar refractivity (Wildman–Crippen MR) is 80.7 cm³/mol. The lowest BCUT2D eigenvalue weighted by molar-refractivity contribution is -0.142. The summed E-state index contributed by atoms with van der Waals surface area (Å²) in [4.78, 5) is 26.8. The summed E-state index contributed by atoms with van der Waals surface area (Å²) in [6, 6.07) is 10.3. The van der Waals surface area contributed by atoms with E-state index in [1.165, 1.54) is 0 Å². The Hall–Kier alpha value is -1.68. The zero-order valence-electron chi connectivity index (χ0n) is 12.6. The van der Waals surface area contributed by atoms with E-state index in [1.54, 1.807) is 0 Å². The van der Waals surface area contributed by atoms with Crippen LogP contribution < -0.4 is 5.32 Å². The molecule has 2 heterocycles. The third-order valence-electron chi connectivity index (χ3n) is 5.20. The second kappa shape index (κ2) is 5.26. The maximum absolute atomic E-state index is 12.5. The van der Waals surface area contributed by atoms with Crippen molar-refractivity contribution in [3.05, 3.63) is 35.9 Å². The number of nitrogens with zero attached hydrogens (tertiary/aromatic N) is 1. The Kier molecular flexibility index (Phi) is 3.57. The number of carbonyl (C=O) groups excluding carboxylic acids is 2. The molecule has 3 atom stereocenters. The van der Waals surface area contributed by atoms with Gasteiger partial charge in [0.15, 0.2) is 0 Å². The first-order valence-corrected chi connectivity index (χ1v) is 7.61. The Morgan fingerprint density at radius 3 is 2.62 bits per heavy atom. The summed E-state index contributed by atoms with van der Waals surface area (Å²) < 4.78 is 0. The van der Waals surface area contributed by atoms with E-state index in [0.29, 0.717) is 12.5 Å². The van der Waals surface area contributed by atoms with Crippen molar-refractivity contribution in [2.24, 2.45) is 5.41 Å². The van der Waals surface area contributed by atoms with Crippen molar-refractivity contribution in [2.75, 3.05) is 13.6 Å². The summed E-state index contributed by atoms with van der Waals surface area (Å²) in [5.74, 6) is -0.467. The largest absolute Gasteiger partial charge is 0.304 e. The molecule has 1 spiro atoms. The smallest absolute Gasteiger partial charge is 0.234 e. The summed E-state index contributed by atoms with van der Waals surface area (Å²) >= 11 is 0. The third kappa shape index (κ3) is 2.48. The zero-order valence-corrected chi connectivity index (χ0v) is 12.6. The molecule has 1 aromatic carbocycles. The number of piperidine rings is 2. The van der Waals surface area contributed by atoms with E-state index in [0.717, 1.165) is 24.9 Å². The van der Waals surface area contributed by atoms with Crippen LogP contribution in [-0.2, 0) is 9.59 Å². The fraction of sp³-hybridized carbons (Fsp3) is 0.529. The summed E-state index contributed by atoms with van der Waals surface area (Å²) in [6.45, 7) is 3.12. The number of nitrogens with one attached hydrogen (secondary N) is 1. The lowest BCUT2D eigenvalue weighted by Crippen LogP contribution is -2.56. The minimum Gasteiger partial charge on any atom is -0.304 e. The standard InChI is InChI=1S/C17H22N2O2/c1-12-10-17(8-9-19(12)2)11-14(20)18-16(21)15(17)13-6-4-3-5-7-13/h3-7,12,15H,8-11H2,1-2H3,(H,18,20,21). The second-order valence-corrected chi connectivity index (χ2v) is 6.58. The highest BCUT2D eigenvalue weighted by atomic mass is 16.2. The van der Waals surface area contributed by atoms with Crippen molar-refractivity contribution >= 4 is 11.8 Å². The highest BCUT2D eigenvalue weighted by molar-refractivity contribution is 6.02. The molecule has 2 fully saturated rings. The summed E-state index contributed by atoms with van der Waals surface area (Å²) in [5, 5.41) is 2.53. The molecular formula is C17H22N2O2. The van der Waals surface area contributed by atoms with Crippen LogP contribution in [0.4, 0.5) is 0 Å². The molecule has 112 valence electrons. The second-order valence-electron chi connectivity index (χ2n) is 6.58. The van der Waals surface area contributed by atoms with Gasteiger partial charge in [-0.15, -0.1) is 0 Å². The van der Waals surface area contributed by atoms with E-state index in [9.17, 15) is 9.59 Å². The average molecular weight is 286 g/mol. The zero-order chi connectivity index (χ0) is 15.0. The van der Waals surface area contributed by atoms with Gasteiger partial charge in [0, 0.05) is 12.5 Å². The Balaban J connectivity index is 2.01. The average Bonchev–Trinajstić information content (AvgIpc) is 2.44. The number of carbonyl (C=O) groups is 2. The van der Waals surface area contributed by atoms with E-state index in [4.69, 9.17) is 0 Å². The van der Waals surface area contributed by atoms with Crippen LogP contribution in [0, 0.1) is 5.41 Å². The van der Waals surface area contributed by atoms with Gasteiger partial charge in [-0.2, -0.15) is 0 Å². The van der Waals surface area contributed by atoms with Crippen molar-refractivity contribution in [3.63, 3.8) is 0 Å². The molecule has 0 bridgehead atoms. The summed E-state index contributed by atoms with van der Waals surface area (Å²) in [6.07, 6.45) is 2.24. The van der Waals surface area contributed by atoms with Gasteiger partial charge in [-0.1, -0.05) is 30.3 Å². The Labute approximate surface area is 125 Å². The quantitative estimate of drug-likeness (QED) is 0.802. The van der Waals surface area contributed by atoms with Crippen LogP contribution in [0.5, 0.6) is 0 Å². The molecule has 0 aliphatic carbocycles. The van der Waals surface area contributed by atoms with Crippen molar-refractivity contribution in [1.82, 2.24) is 10.2 Å². The van der Waals surface area contributed by atoms with Gasteiger partial charge in [0.05, 0.1) is 5.92 Å². The number of hydrogen-bond donors (Lipinski definition) is 1. The van der Waals surface area contributed by atoms with Gasteiger partial charge in [-0.25, -0.2) is 0 Å². The van der Waals surface area contributed by atoms with Crippen molar-refractivity contribution in [2.45, 2.75) is 38.1 Å². The normalized spacial score (nSPS) is 34.0. The van der Waals surface area contributed by atoms with Crippen LogP contribution in [0.15, 0.2) is 30.3 Å². The number of amides is 2. The number of imide groups is 1.